The molecule has 0 N–H and O–H groups in total. The molecule has 6 rings (SSSR count). The number of benzene rings is 3. The summed E-state index contributed by atoms with van der Waals surface area (Å²) in [6, 6.07) is 25.4. The Hall–Kier alpha value is -2.89. The Morgan fingerprint density at radius 2 is 1.53 bits per heavy atom. The molecule has 3 atom stereocenters. The first-order chi connectivity index (χ1) is 14.7. The van der Waals surface area contributed by atoms with E-state index in [2.05, 4.69) is 12.1 Å². The van der Waals surface area contributed by atoms with E-state index in [0.29, 0.717) is 5.75 Å². The summed E-state index contributed by atoms with van der Waals surface area (Å²) in [7, 11) is 0. The van der Waals surface area contributed by atoms with E-state index >= 15 is 0 Å². The van der Waals surface area contributed by atoms with Crippen LogP contribution < -0.4 is 10.2 Å². The van der Waals surface area contributed by atoms with Crippen LogP contribution in [0.25, 0.3) is 10.1 Å². The van der Waals surface area contributed by atoms with Gasteiger partial charge >= 0.3 is 5.97 Å². The fourth-order valence-corrected chi connectivity index (χ4v) is 7.57. The molecular formula is C25H16O3S2. The van der Waals surface area contributed by atoms with Crippen molar-refractivity contribution < 1.29 is 9.53 Å². The van der Waals surface area contributed by atoms with Gasteiger partial charge in [0.05, 0.1) is 10.1 Å². The number of hydrogen-bond donors (Lipinski definition) is 0. The molecule has 4 aromatic rings. The van der Waals surface area contributed by atoms with Crippen LogP contribution in [0.15, 0.2) is 87.9 Å². The maximum atomic E-state index is 13.6. The summed E-state index contributed by atoms with van der Waals surface area (Å²) in [5.41, 5.74) is 2.76. The summed E-state index contributed by atoms with van der Waals surface area (Å²) in [6.45, 7) is 0. The van der Waals surface area contributed by atoms with Gasteiger partial charge in [-0.05, 0) is 23.8 Å². The second-order valence-corrected chi connectivity index (χ2v) is 10.0. The summed E-state index contributed by atoms with van der Waals surface area (Å²) in [6.07, 6.45) is 0. The molecule has 5 heteroatoms. The van der Waals surface area contributed by atoms with E-state index in [1.807, 2.05) is 66.7 Å². The number of fused-ring (bicyclic) bond motifs is 6. The minimum atomic E-state index is -0.444. The van der Waals surface area contributed by atoms with E-state index in [0.717, 1.165) is 31.0 Å². The van der Waals surface area contributed by atoms with Crippen LogP contribution in [0.2, 0.25) is 0 Å². The van der Waals surface area contributed by atoms with Crippen molar-refractivity contribution in [2.45, 2.75) is 15.4 Å². The normalized spacial score (nSPS) is 22.0. The summed E-state index contributed by atoms with van der Waals surface area (Å²) >= 11 is 3.27. The van der Waals surface area contributed by atoms with Gasteiger partial charge in [-0.2, -0.15) is 0 Å². The summed E-state index contributed by atoms with van der Waals surface area (Å²) in [5.74, 6) is -0.452. The zero-order chi connectivity index (χ0) is 20.2. The number of esters is 1. The zero-order valence-corrected chi connectivity index (χ0v) is 17.4. The molecule has 0 spiro atoms. The lowest BCUT2D eigenvalue weighted by Crippen LogP contribution is -2.39. The van der Waals surface area contributed by atoms with Crippen LogP contribution >= 0.6 is 23.1 Å². The summed E-state index contributed by atoms with van der Waals surface area (Å²) in [5, 5.41) is 0.608. The monoisotopic (exact) mass is 428 g/mol. The third kappa shape index (κ3) is 2.59. The van der Waals surface area contributed by atoms with Gasteiger partial charge in [-0.1, -0.05) is 60.7 Å². The van der Waals surface area contributed by atoms with Gasteiger partial charge in [-0.15, -0.1) is 23.1 Å². The van der Waals surface area contributed by atoms with Crippen molar-refractivity contribution in [2.24, 2.45) is 5.92 Å². The Bertz CT molecular complexity index is 1360. The third-order valence-electron chi connectivity index (χ3n) is 5.89. The van der Waals surface area contributed by atoms with Gasteiger partial charge in [0.1, 0.15) is 5.75 Å². The molecule has 0 saturated carbocycles. The zero-order valence-electron chi connectivity index (χ0n) is 15.8. The van der Waals surface area contributed by atoms with Crippen molar-refractivity contribution in [2.75, 3.05) is 0 Å². The highest BCUT2D eigenvalue weighted by atomic mass is 32.2. The molecule has 1 aromatic heterocycles. The Kier molecular flexibility index (Phi) is 4.08. The van der Waals surface area contributed by atoms with E-state index in [-0.39, 0.29) is 22.6 Å². The minimum Gasteiger partial charge on any atom is -0.426 e. The number of rotatable bonds is 1. The van der Waals surface area contributed by atoms with Gasteiger partial charge in [0.15, 0.2) is 5.43 Å². The molecule has 0 radical (unpaired) electrons. The van der Waals surface area contributed by atoms with Gasteiger partial charge < -0.3 is 4.74 Å². The van der Waals surface area contributed by atoms with Gasteiger partial charge in [-0.25, -0.2) is 0 Å². The van der Waals surface area contributed by atoms with Gasteiger partial charge in [0.25, 0.3) is 0 Å². The van der Waals surface area contributed by atoms with E-state index in [1.54, 1.807) is 23.1 Å². The first kappa shape index (κ1) is 17.9. The molecule has 146 valence electrons. The van der Waals surface area contributed by atoms with Crippen molar-refractivity contribution in [1.29, 1.82) is 0 Å². The van der Waals surface area contributed by atoms with Crippen LogP contribution in [0.1, 0.15) is 27.9 Å². The lowest BCUT2D eigenvalue weighted by molar-refractivity contribution is -0.141. The highest BCUT2D eigenvalue weighted by Crippen LogP contribution is 2.59. The fraction of sp³-hybridized carbons (Fsp3) is 0.120. The number of thioether (sulfide) groups is 1. The number of hydrogen-bond acceptors (Lipinski definition) is 5. The van der Waals surface area contributed by atoms with Crippen LogP contribution in [0.3, 0.4) is 0 Å². The second kappa shape index (κ2) is 6.83. The molecule has 3 heterocycles. The number of carbonyl (C=O) groups is 1. The largest absolute Gasteiger partial charge is 0.426 e. The predicted octanol–water partition coefficient (Wildman–Crippen LogP) is 5.78. The molecule has 0 saturated heterocycles. The molecular weight excluding hydrogens is 412 g/mol. The van der Waals surface area contributed by atoms with Crippen LogP contribution in [-0.4, -0.2) is 5.97 Å². The van der Waals surface area contributed by atoms with Crippen molar-refractivity contribution in [3.63, 3.8) is 0 Å². The summed E-state index contributed by atoms with van der Waals surface area (Å²) < 4.78 is 7.72. The first-order valence-electron chi connectivity index (χ1n) is 9.80. The van der Waals surface area contributed by atoms with Crippen LogP contribution in [0, 0.1) is 5.92 Å². The van der Waals surface area contributed by atoms with Crippen molar-refractivity contribution in [3.8, 4) is 5.75 Å². The number of ether oxygens (including phenoxy) is 1. The molecule has 3 nitrogen and oxygen atoms in total. The molecule has 0 bridgehead atoms. The third-order valence-corrected chi connectivity index (χ3v) is 8.67. The molecule has 3 aromatic carbocycles. The van der Waals surface area contributed by atoms with E-state index in [4.69, 9.17) is 4.74 Å². The Labute approximate surface area is 181 Å². The average Bonchev–Trinajstić information content (AvgIpc) is 2.79. The number of carbonyl (C=O) groups excluding carboxylic acids is 1. The SMILES string of the molecule is O=C1Oc2ccccc2[C@@H]2c3c(sc4ccccc4c3=O)S[C@@H](c3ccccc3)[C@H]12. The van der Waals surface area contributed by atoms with E-state index in [1.165, 1.54) is 0 Å². The Morgan fingerprint density at radius 3 is 2.40 bits per heavy atom. The lowest BCUT2D eigenvalue weighted by Gasteiger charge is -2.40. The van der Waals surface area contributed by atoms with Gasteiger partial charge in [-0.3, -0.25) is 9.59 Å². The predicted molar refractivity (Wildman–Crippen MR) is 121 cm³/mol. The van der Waals surface area contributed by atoms with Gasteiger partial charge in [0, 0.05) is 32.4 Å². The molecule has 30 heavy (non-hydrogen) atoms. The molecule has 2 aliphatic rings. The highest BCUT2D eigenvalue weighted by molar-refractivity contribution is 8.01. The lowest BCUT2D eigenvalue weighted by atomic mass is 9.75. The maximum absolute atomic E-state index is 13.6. The first-order valence-corrected chi connectivity index (χ1v) is 11.5. The Morgan fingerprint density at radius 1 is 0.800 bits per heavy atom. The van der Waals surface area contributed by atoms with Crippen LogP contribution in [0.4, 0.5) is 0 Å². The minimum absolute atomic E-state index is 0.0258. The van der Waals surface area contributed by atoms with Crippen LogP contribution in [-0.2, 0) is 4.79 Å². The smallest absolute Gasteiger partial charge is 0.316 e. The van der Waals surface area contributed by atoms with E-state index < -0.39 is 5.92 Å². The Balaban J connectivity index is 1.68. The molecule has 0 fully saturated rings. The highest BCUT2D eigenvalue weighted by Gasteiger charge is 2.49. The topological polar surface area (TPSA) is 43.4 Å². The standard InChI is InChI=1S/C25H16O3S2/c26-22-16-11-5-7-13-18(16)29-25-20(22)19-15-10-4-6-12-17(15)28-24(27)21(19)23(30-25)14-8-2-1-3-9-14/h1-13,19,21,23H/t19-,21-,23+/m1/s1. The fourth-order valence-electron chi connectivity index (χ4n) is 4.57. The molecule has 0 aliphatic carbocycles. The van der Waals surface area contributed by atoms with Gasteiger partial charge in [0.2, 0.25) is 0 Å². The molecule has 0 amide bonds. The molecule has 2 aliphatic heterocycles. The van der Waals surface area contributed by atoms with Crippen molar-refractivity contribution in [1.82, 2.24) is 0 Å². The van der Waals surface area contributed by atoms with Crippen molar-refractivity contribution in [3.05, 3.63) is 106 Å². The van der Waals surface area contributed by atoms with E-state index in [9.17, 15) is 9.59 Å². The van der Waals surface area contributed by atoms with Crippen molar-refractivity contribution >= 4 is 39.2 Å². The second-order valence-electron chi connectivity index (χ2n) is 7.54. The maximum Gasteiger partial charge on any atom is 0.316 e. The van der Waals surface area contributed by atoms with Crippen LogP contribution in [0.5, 0.6) is 5.75 Å². The summed E-state index contributed by atoms with van der Waals surface area (Å²) in [4.78, 5) is 26.9. The quantitative estimate of drug-likeness (QED) is 0.285. The molecule has 0 unspecified atom stereocenters. The average molecular weight is 429 g/mol. The number of para-hydroxylation sites is 1.